The Morgan fingerprint density at radius 2 is 1.70 bits per heavy atom. The molecule has 0 heterocycles. The Kier molecular flexibility index (Phi) is 8.83. The molecule has 0 amide bonds. The van der Waals surface area contributed by atoms with Gasteiger partial charge in [0.05, 0.1) is 11.7 Å². The molecular formula is C15H32NO5PS. The molecule has 0 rings (SSSR count). The first-order valence-electron chi connectivity index (χ1n) is 7.76. The molecule has 8 heteroatoms. The summed E-state index contributed by atoms with van der Waals surface area (Å²) in [6.07, 6.45) is -0.207. The van der Waals surface area contributed by atoms with Gasteiger partial charge in [-0.05, 0) is 58.8 Å². The number of ether oxygens (including phenoxy) is 1. The van der Waals surface area contributed by atoms with Crippen LogP contribution in [0.4, 0.5) is 0 Å². The monoisotopic (exact) mass is 369 g/mol. The van der Waals surface area contributed by atoms with Gasteiger partial charge in [-0.1, -0.05) is 13.8 Å². The van der Waals surface area contributed by atoms with E-state index in [1.54, 1.807) is 13.8 Å². The van der Waals surface area contributed by atoms with Gasteiger partial charge in [0.2, 0.25) is 0 Å². The Labute approximate surface area is 144 Å². The topological polar surface area (TPSA) is 87.9 Å². The molecule has 0 saturated carbocycles. The van der Waals surface area contributed by atoms with Crippen LogP contribution in [0, 0.1) is 5.92 Å². The fourth-order valence-corrected chi connectivity index (χ4v) is 5.38. The highest BCUT2D eigenvalue weighted by molar-refractivity contribution is 8.55. The Balaban J connectivity index is 4.66. The summed E-state index contributed by atoms with van der Waals surface area (Å²) in [6, 6.07) is 0. The van der Waals surface area contributed by atoms with E-state index in [2.05, 4.69) is 0 Å². The van der Waals surface area contributed by atoms with E-state index >= 15 is 0 Å². The van der Waals surface area contributed by atoms with Gasteiger partial charge >= 0.3 is 12.8 Å². The molecule has 2 atom stereocenters. The van der Waals surface area contributed by atoms with Crippen molar-refractivity contribution in [3.05, 3.63) is 0 Å². The lowest BCUT2D eigenvalue weighted by molar-refractivity contribution is -0.148. The number of rotatable bonds is 9. The van der Waals surface area contributed by atoms with Gasteiger partial charge in [-0.3, -0.25) is 13.8 Å². The smallest absolute Gasteiger partial charge is 0.390 e. The highest BCUT2D eigenvalue weighted by Gasteiger charge is 2.34. The largest absolute Gasteiger partial charge is 0.463 e. The van der Waals surface area contributed by atoms with E-state index in [0.717, 1.165) is 11.4 Å². The predicted octanol–water partition coefficient (Wildman–Crippen LogP) is 3.98. The number of carbonyl (C=O) groups excluding carboxylic acids is 1. The average Bonchev–Trinajstić information content (AvgIpc) is 2.30. The van der Waals surface area contributed by atoms with Crippen LogP contribution in [-0.2, 0) is 23.1 Å². The van der Waals surface area contributed by atoms with Crippen molar-refractivity contribution in [2.45, 2.75) is 72.6 Å². The predicted molar refractivity (Wildman–Crippen MR) is 95.5 cm³/mol. The van der Waals surface area contributed by atoms with E-state index in [1.807, 2.05) is 41.5 Å². The quantitative estimate of drug-likeness (QED) is 0.373. The lowest BCUT2D eigenvalue weighted by Gasteiger charge is -2.29. The third-order valence-electron chi connectivity index (χ3n) is 2.71. The second kappa shape index (κ2) is 8.86. The average molecular weight is 369 g/mol. The minimum Gasteiger partial charge on any atom is -0.463 e. The van der Waals surface area contributed by atoms with Crippen molar-refractivity contribution in [3.63, 3.8) is 0 Å². The Morgan fingerprint density at radius 3 is 2.09 bits per heavy atom. The zero-order valence-electron chi connectivity index (χ0n) is 15.5. The lowest BCUT2D eigenvalue weighted by Crippen LogP contribution is -2.43. The van der Waals surface area contributed by atoms with Gasteiger partial charge in [-0.15, -0.1) is 0 Å². The van der Waals surface area contributed by atoms with E-state index in [-0.39, 0.29) is 18.6 Å². The normalized spacial score (nSPS) is 17.0. The van der Waals surface area contributed by atoms with E-state index in [4.69, 9.17) is 19.5 Å². The molecule has 0 aliphatic rings. The summed E-state index contributed by atoms with van der Waals surface area (Å²) in [7, 11) is 0. The zero-order valence-corrected chi connectivity index (χ0v) is 17.3. The maximum atomic E-state index is 12.9. The van der Waals surface area contributed by atoms with Crippen LogP contribution in [0.3, 0.4) is 0 Å². The zero-order chi connectivity index (χ0) is 18.5. The second-order valence-corrected chi connectivity index (χ2v) is 11.5. The number of carbonyl (C=O) groups is 1. The molecule has 138 valence electrons. The van der Waals surface area contributed by atoms with Gasteiger partial charge < -0.3 is 10.5 Å². The van der Waals surface area contributed by atoms with E-state index in [0.29, 0.717) is 5.75 Å². The van der Waals surface area contributed by atoms with E-state index in [1.165, 1.54) is 0 Å². The highest BCUT2D eigenvalue weighted by atomic mass is 32.7. The second-order valence-electron chi connectivity index (χ2n) is 7.40. The number of nitrogens with two attached hydrogens (primary N) is 1. The van der Waals surface area contributed by atoms with Crippen molar-refractivity contribution in [3.8, 4) is 0 Å². The van der Waals surface area contributed by atoms with Crippen LogP contribution >= 0.6 is 18.2 Å². The molecular weight excluding hydrogens is 337 g/mol. The molecule has 0 radical (unpaired) electrons. The molecule has 0 saturated heterocycles. The maximum Gasteiger partial charge on any atom is 0.390 e. The van der Waals surface area contributed by atoms with Crippen molar-refractivity contribution in [2.24, 2.45) is 11.7 Å². The van der Waals surface area contributed by atoms with Crippen molar-refractivity contribution in [1.82, 2.24) is 0 Å². The molecule has 0 spiro atoms. The van der Waals surface area contributed by atoms with Gasteiger partial charge in [0.15, 0.2) is 0 Å². The third kappa shape index (κ3) is 10.4. The number of esters is 1. The van der Waals surface area contributed by atoms with Gasteiger partial charge in [0.1, 0.15) is 12.1 Å². The summed E-state index contributed by atoms with van der Waals surface area (Å²) in [5.74, 6) is 0.0180. The van der Waals surface area contributed by atoms with Crippen LogP contribution in [-0.4, -0.2) is 35.6 Å². The van der Waals surface area contributed by atoms with Crippen molar-refractivity contribution in [1.29, 1.82) is 0 Å². The first-order valence-corrected chi connectivity index (χ1v) is 10.9. The molecule has 0 aliphatic heterocycles. The van der Waals surface area contributed by atoms with Crippen LogP contribution in [0.2, 0.25) is 0 Å². The van der Waals surface area contributed by atoms with Gasteiger partial charge in [0, 0.05) is 5.75 Å². The van der Waals surface area contributed by atoms with Gasteiger partial charge in [-0.25, -0.2) is 4.57 Å². The van der Waals surface area contributed by atoms with Crippen LogP contribution < -0.4 is 5.73 Å². The van der Waals surface area contributed by atoms with Crippen molar-refractivity contribution >= 4 is 24.1 Å². The summed E-state index contributed by atoms with van der Waals surface area (Å²) in [4.78, 5) is 11.6. The van der Waals surface area contributed by atoms with Crippen molar-refractivity contribution in [2.75, 3.05) is 12.4 Å². The van der Waals surface area contributed by atoms with Crippen LogP contribution in [0.5, 0.6) is 0 Å². The van der Waals surface area contributed by atoms with Crippen LogP contribution in [0.1, 0.15) is 55.4 Å². The van der Waals surface area contributed by atoms with E-state index < -0.39 is 23.9 Å². The molecule has 0 aliphatic carbocycles. The molecule has 0 bridgehead atoms. The van der Waals surface area contributed by atoms with Gasteiger partial charge in [0.25, 0.3) is 0 Å². The highest BCUT2D eigenvalue weighted by Crippen LogP contribution is 2.63. The first kappa shape index (κ1) is 22.9. The fraction of sp³-hybridized carbons (Fsp3) is 0.933. The molecule has 23 heavy (non-hydrogen) atoms. The van der Waals surface area contributed by atoms with Gasteiger partial charge in [-0.2, -0.15) is 0 Å². The minimum atomic E-state index is -3.36. The molecule has 6 nitrogen and oxygen atoms in total. The molecule has 0 aromatic rings. The summed E-state index contributed by atoms with van der Waals surface area (Å²) in [5.41, 5.74) is 4.00. The van der Waals surface area contributed by atoms with E-state index in [9.17, 15) is 9.36 Å². The van der Waals surface area contributed by atoms with Crippen LogP contribution in [0.15, 0.2) is 0 Å². The Hall–Kier alpha value is -0.0700. The first-order chi connectivity index (χ1) is 10.2. The molecule has 0 aromatic carbocycles. The summed E-state index contributed by atoms with van der Waals surface area (Å²) in [5, 5.41) is 0. The molecule has 2 N–H and O–H groups in total. The Bertz CT molecular complexity index is 429. The molecule has 0 aromatic heterocycles. The SMILES string of the molecule is CC(C)C(C)OP(=O)(OC(C)(C)C)SCCOC(=O)C(C)(C)N. The number of hydrogen-bond acceptors (Lipinski definition) is 7. The summed E-state index contributed by atoms with van der Waals surface area (Å²) in [6.45, 7) is 11.2. The standard InChI is InChI=1S/C15H32NO5PS/c1-11(2)12(3)20-22(18,21-14(4,5)6)23-10-9-19-13(17)15(7,8)16/h11-12H,9-10,16H2,1-8H3. The summed E-state index contributed by atoms with van der Waals surface area (Å²) >= 11 is 1.04. The van der Waals surface area contributed by atoms with Crippen LogP contribution in [0.25, 0.3) is 0 Å². The molecule has 0 fully saturated rings. The fourth-order valence-electron chi connectivity index (χ4n) is 1.21. The Morgan fingerprint density at radius 1 is 1.17 bits per heavy atom. The minimum absolute atomic E-state index is 0.0983. The lowest BCUT2D eigenvalue weighted by atomic mass is 10.1. The third-order valence-corrected chi connectivity index (χ3v) is 6.72. The van der Waals surface area contributed by atoms with Crippen molar-refractivity contribution < 1.29 is 23.1 Å². The maximum absolute atomic E-state index is 12.9. The molecule has 2 unspecified atom stereocenters. The summed E-state index contributed by atoms with van der Waals surface area (Å²) < 4.78 is 29.3. The number of hydrogen-bond donors (Lipinski definition) is 1.